The maximum Gasteiger partial charge on any atom is 0.146 e. The van der Waals surface area contributed by atoms with Crippen LogP contribution in [0, 0.1) is 25.1 Å². The van der Waals surface area contributed by atoms with Crippen LogP contribution in [0.2, 0.25) is 0 Å². The third kappa shape index (κ3) is 4.76. The second-order valence-electron chi connectivity index (χ2n) is 9.97. The van der Waals surface area contributed by atoms with Crippen molar-refractivity contribution >= 4 is 17.6 Å². The summed E-state index contributed by atoms with van der Waals surface area (Å²) in [6, 6.07) is 15.6. The predicted molar refractivity (Wildman–Crippen MR) is 146 cm³/mol. The monoisotopic (exact) mass is 481 g/mol. The van der Waals surface area contributed by atoms with Gasteiger partial charge in [0, 0.05) is 34.9 Å². The van der Waals surface area contributed by atoms with E-state index in [1.54, 1.807) is 12.1 Å². The summed E-state index contributed by atoms with van der Waals surface area (Å²) in [5.41, 5.74) is 7.82. The van der Waals surface area contributed by atoms with E-state index < -0.39 is 0 Å². The first kappa shape index (κ1) is 23.8. The van der Waals surface area contributed by atoms with Crippen LogP contribution >= 0.6 is 0 Å². The van der Waals surface area contributed by atoms with Crippen molar-refractivity contribution in [3.05, 3.63) is 102 Å². The van der Waals surface area contributed by atoms with Crippen LogP contribution in [0.25, 0.3) is 11.1 Å². The summed E-state index contributed by atoms with van der Waals surface area (Å²) in [4.78, 5) is 4.91. The first-order valence-corrected chi connectivity index (χ1v) is 12.4. The average Bonchev–Trinajstić information content (AvgIpc) is 3.77. The van der Waals surface area contributed by atoms with E-state index in [9.17, 15) is 4.39 Å². The van der Waals surface area contributed by atoms with Crippen LogP contribution in [0.1, 0.15) is 48.2 Å². The minimum atomic E-state index is -0.328. The Bertz CT molecular complexity index is 1350. The molecule has 0 amide bonds. The highest BCUT2D eigenvalue weighted by atomic mass is 19.1. The maximum absolute atomic E-state index is 14.1. The molecule has 0 bridgehead atoms. The van der Waals surface area contributed by atoms with Gasteiger partial charge in [0.25, 0.3) is 0 Å². The average molecular weight is 482 g/mol. The van der Waals surface area contributed by atoms with Gasteiger partial charge in [-0.1, -0.05) is 31.4 Å². The lowest BCUT2D eigenvalue weighted by atomic mass is 9.91. The second-order valence-corrected chi connectivity index (χ2v) is 9.97. The lowest BCUT2D eigenvalue weighted by Crippen LogP contribution is -2.26. The molecule has 5 rings (SSSR count). The van der Waals surface area contributed by atoms with Gasteiger partial charge in [-0.15, -0.1) is 0 Å². The highest BCUT2D eigenvalue weighted by molar-refractivity contribution is 5.90. The Kier molecular flexibility index (Phi) is 6.12. The second kappa shape index (κ2) is 9.26. The van der Waals surface area contributed by atoms with Crippen LogP contribution in [0.5, 0.6) is 0 Å². The third-order valence-corrected chi connectivity index (χ3v) is 7.07. The van der Waals surface area contributed by atoms with Gasteiger partial charge in [0.05, 0.1) is 16.8 Å². The number of benzene rings is 2. The van der Waals surface area contributed by atoms with Crippen molar-refractivity contribution < 1.29 is 4.39 Å². The normalized spacial score (nSPS) is 15.6. The molecule has 36 heavy (non-hydrogen) atoms. The fourth-order valence-electron chi connectivity index (χ4n) is 4.63. The molecule has 2 aliphatic carbocycles. The number of allylic oxidation sites excluding steroid dienone is 1. The molecule has 4 N–H and O–H groups in total. The highest BCUT2D eigenvalue weighted by Crippen LogP contribution is 2.53. The van der Waals surface area contributed by atoms with Gasteiger partial charge in [-0.25, -0.2) is 4.39 Å². The molecule has 0 atom stereocenters. The molecule has 6 heteroatoms. The molecule has 0 radical (unpaired) electrons. The van der Waals surface area contributed by atoms with E-state index in [-0.39, 0.29) is 11.2 Å². The first-order chi connectivity index (χ1) is 17.3. The Balaban J connectivity index is 1.37. The molecule has 2 fully saturated rings. The number of pyridine rings is 1. The Hall–Kier alpha value is -3.93. The van der Waals surface area contributed by atoms with Gasteiger partial charge in [-0.05, 0) is 86.6 Å². The highest BCUT2D eigenvalue weighted by Gasteiger charge is 2.49. The fourth-order valence-corrected chi connectivity index (χ4v) is 4.63. The molecule has 2 saturated carbocycles. The molecule has 0 spiro atoms. The van der Waals surface area contributed by atoms with Crippen LogP contribution < -0.4 is 16.0 Å². The van der Waals surface area contributed by atoms with Crippen molar-refractivity contribution in [1.82, 2.24) is 10.3 Å². The number of halogens is 1. The molecular weight excluding hydrogens is 449 g/mol. The summed E-state index contributed by atoms with van der Waals surface area (Å²) in [5, 5.41) is 17.8. The number of hydrogen-bond acceptors (Lipinski definition) is 5. The van der Waals surface area contributed by atoms with Crippen LogP contribution in [-0.2, 0) is 5.41 Å². The van der Waals surface area contributed by atoms with E-state index in [2.05, 4.69) is 35.2 Å². The summed E-state index contributed by atoms with van der Waals surface area (Å²) >= 11 is 0. The zero-order valence-electron chi connectivity index (χ0n) is 20.8. The molecule has 0 unspecified atom stereocenters. The Labute approximate surface area is 212 Å². The summed E-state index contributed by atoms with van der Waals surface area (Å²) in [6.07, 6.45) is 5.89. The zero-order valence-corrected chi connectivity index (χ0v) is 20.8. The number of rotatable bonds is 10. The number of hydrogen-bond donors (Lipinski definition) is 4. The van der Waals surface area contributed by atoms with Crippen molar-refractivity contribution in [2.24, 2.45) is 0 Å². The third-order valence-electron chi connectivity index (χ3n) is 7.07. The molecule has 2 aromatic carbocycles. The van der Waals surface area contributed by atoms with E-state index in [1.165, 1.54) is 25.1 Å². The van der Waals surface area contributed by atoms with Gasteiger partial charge < -0.3 is 21.4 Å². The van der Waals surface area contributed by atoms with Crippen LogP contribution in [0.15, 0.2) is 73.2 Å². The maximum atomic E-state index is 14.1. The van der Waals surface area contributed by atoms with E-state index >= 15 is 0 Å². The molecule has 184 valence electrons. The van der Waals surface area contributed by atoms with Crippen molar-refractivity contribution in [3.63, 3.8) is 0 Å². The van der Waals surface area contributed by atoms with Gasteiger partial charge in [-0.2, -0.15) is 0 Å². The van der Waals surface area contributed by atoms with Crippen LogP contribution in [-0.4, -0.2) is 17.2 Å². The minimum Gasteiger partial charge on any atom is -0.385 e. The molecule has 3 aromatic rings. The van der Waals surface area contributed by atoms with Gasteiger partial charge >= 0.3 is 0 Å². The van der Waals surface area contributed by atoms with Crippen LogP contribution in [0.3, 0.4) is 0 Å². The summed E-state index contributed by atoms with van der Waals surface area (Å²) in [7, 11) is 0. The number of aryl methyl sites for hydroxylation is 2. The largest absolute Gasteiger partial charge is 0.385 e. The minimum absolute atomic E-state index is 0.112. The SMILES string of the molecule is C=C(Nc1ccc(-c2cc(C3(C(=C)NC4CC4)CC3)nc(C)c2C=N)cc1)Nc1cc(C)ccc1F. The fraction of sp³-hybridized carbons (Fsp3) is 0.267. The van der Waals surface area contributed by atoms with Gasteiger partial charge in [0.1, 0.15) is 11.6 Å². The van der Waals surface area contributed by atoms with Crippen molar-refractivity contribution in [1.29, 1.82) is 5.41 Å². The summed E-state index contributed by atoms with van der Waals surface area (Å²) in [6.45, 7) is 12.2. The van der Waals surface area contributed by atoms with E-state index in [1.807, 2.05) is 38.1 Å². The quantitative estimate of drug-likeness (QED) is 0.241. The van der Waals surface area contributed by atoms with E-state index in [0.717, 1.165) is 57.9 Å². The van der Waals surface area contributed by atoms with E-state index in [4.69, 9.17) is 10.4 Å². The Morgan fingerprint density at radius 2 is 1.78 bits per heavy atom. The molecular formula is C30H32FN5. The molecule has 0 aliphatic heterocycles. The number of aromatic nitrogens is 1. The number of anilines is 2. The van der Waals surface area contributed by atoms with Gasteiger partial charge in [-0.3, -0.25) is 4.98 Å². The summed E-state index contributed by atoms with van der Waals surface area (Å²) in [5.74, 6) is 0.150. The Morgan fingerprint density at radius 3 is 2.42 bits per heavy atom. The zero-order chi connectivity index (χ0) is 25.4. The van der Waals surface area contributed by atoms with Gasteiger partial charge in [0.15, 0.2) is 0 Å². The topological polar surface area (TPSA) is 72.8 Å². The Morgan fingerprint density at radius 1 is 1.06 bits per heavy atom. The first-order valence-electron chi connectivity index (χ1n) is 12.4. The molecule has 1 aromatic heterocycles. The lowest BCUT2D eigenvalue weighted by Gasteiger charge is -2.22. The lowest BCUT2D eigenvalue weighted by molar-refractivity contribution is 0.631. The summed E-state index contributed by atoms with van der Waals surface area (Å²) < 4.78 is 14.1. The number of nitrogens with one attached hydrogen (secondary N) is 4. The van der Waals surface area contributed by atoms with E-state index in [0.29, 0.717) is 17.6 Å². The predicted octanol–water partition coefficient (Wildman–Crippen LogP) is 6.79. The van der Waals surface area contributed by atoms with Crippen molar-refractivity contribution in [3.8, 4) is 11.1 Å². The standard InChI is InChI=1S/C30H32FN5/c1-18-5-12-27(31)28(15-18)36-21(4)35-24-8-6-22(7-9-24)25-16-29(33-19(2)26(25)17-32)30(13-14-30)20(3)34-23-10-11-23/h5-9,12,15-17,23,32,34-36H,3-4,10-11,13-14H2,1-2H3. The smallest absolute Gasteiger partial charge is 0.146 e. The van der Waals surface area contributed by atoms with Crippen molar-refractivity contribution in [2.75, 3.05) is 10.6 Å². The van der Waals surface area contributed by atoms with Gasteiger partial charge in [0.2, 0.25) is 0 Å². The molecule has 5 nitrogen and oxygen atoms in total. The van der Waals surface area contributed by atoms with Crippen molar-refractivity contribution in [2.45, 2.75) is 51.0 Å². The molecule has 2 aliphatic rings. The van der Waals surface area contributed by atoms with Crippen LogP contribution in [0.4, 0.5) is 15.8 Å². The molecule has 0 saturated heterocycles. The molecule has 1 heterocycles. The number of nitrogens with zero attached hydrogens (tertiary/aromatic N) is 1.